The van der Waals surface area contributed by atoms with Gasteiger partial charge in [0.15, 0.2) is 0 Å². The van der Waals surface area contributed by atoms with Crippen LogP contribution >= 0.6 is 0 Å². The Morgan fingerprint density at radius 1 is 0.812 bits per heavy atom. The van der Waals surface area contributed by atoms with E-state index >= 15 is 0 Å². The van der Waals surface area contributed by atoms with Crippen molar-refractivity contribution in [3.8, 4) is 0 Å². The van der Waals surface area contributed by atoms with Gasteiger partial charge in [0.1, 0.15) is 6.34 Å². The van der Waals surface area contributed by atoms with Crippen LogP contribution in [0.2, 0.25) is 0 Å². The van der Waals surface area contributed by atoms with Crippen LogP contribution in [0.25, 0.3) is 0 Å². The van der Waals surface area contributed by atoms with Crippen molar-refractivity contribution in [3.63, 3.8) is 0 Å². The van der Waals surface area contributed by atoms with E-state index in [1.54, 1.807) is 6.34 Å². The molecule has 0 aliphatic rings. The van der Waals surface area contributed by atoms with Gasteiger partial charge in [-0.1, -0.05) is 36.4 Å². The van der Waals surface area contributed by atoms with Crippen LogP contribution in [0.15, 0.2) is 65.7 Å². The van der Waals surface area contributed by atoms with Gasteiger partial charge in [0.05, 0.1) is 11.4 Å². The predicted molar refractivity (Wildman–Crippen MR) is 67.8 cm³/mol. The van der Waals surface area contributed by atoms with Crippen molar-refractivity contribution in [2.75, 3.05) is 5.43 Å². The molecule has 0 atom stereocenters. The Balaban J connectivity index is 1.83. The zero-order chi connectivity index (χ0) is 11.1. The van der Waals surface area contributed by atoms with E-state index in [9.17, 15) is 0 Å². The van der Waals surface area contributed by atoms with Crippen molar-refractivity contribution >= 4 is 17.7 Å². The Morgan fingerprint density at radius 3 is 2.12 bits per heavy atom. The Morgan fingerprint density at radius 2 is 1.44 bits per heavy atom. The van der Waals surface area contributed by atoms with E-state index in [2.05, 4.69) is 15.8 Å². The lowest BCUT2D eigenvalue weighted by Gasteiger charge is -2.03. The molecule has 0 aliphatic carbocycles. The molecule has 0 aromatic heterocycles. The number of nitrogens with one attached hydrogen (secondary N) is 2. The number of rotatable bonds is 4. The summed E-state index contributed by atoms with van der Waals surface area (Å²) in [5.74, 6) is 0. The van der Waals surface area contributed by atoms with Crippen LogP contribution in [0.1, 0.15) is 0 Å². The number of benzene rings is 2. The van der Waals surface area contributed by atoms with Crippen molar-refractivity contribution in [2.45, 2.75) is 0 Å². The number of nitrogens with zero attached hydrogens (tertiary/aromatic N) is 1. The first-order chi connectivity index (χ1) is 7.95. The summed E-state index contributed by atoms with van der Waals surface area (Å²) >= 11 is 0. The summed E-state index contributed by atoms with van der Waals surface area (Å²) < 4.78 is 0. The van der Waals surface area contributed by atoms with Gasteiger partial charge in [-0.05, 0) is 24.3 Å². The first-order valence-corrected chi connectivity index (χ1v) is 5.09. The SMILES string of the molecule is C(=Nc1ccccc1)NNc1ccccc1. The second-order valence-electron chi connectivity index (χ2n) is 3.23. The molecule has 0 amide bonds. The quantitative estimate of drug-likeness (QED) is 0.463. The van der Waals surface area contributed by atoms with E-state index in [0.29, 0.717) is 0 Å². The van der Waals surface area contributed by atoms with E-state index in [-0.39, 0.29) is 0 Å². The smallest absolute Gasteiger partial charge is 0.107 e. The number of hydrogen-bond acceptors (Lipinski definition) is 2. The number of aliphatic imine (C=N–C) groups is 1. The van der Waals surface area contributed by atoms with Crippen LogP contribution in [-0.2, 0) is 0 Å². The summed E-state index contributed by atoms with van der Waals surface area (Å²) in [7, 11) is 0. The largest absolute Gasteiger partial charge is 0.300 e. The molecule has 0 heterocycles. The van der Waals surface area contributed by atoms with Gasteiger partial charge in [-0.15, -0.1) is 0 Å². The molecule has 2 aromatic rings. The first kappa shape index (κ1) is 10.2. The molecule has 2 aromatic carbocycles. The first-order valence-electron chi connectivity index (χ1n) is 5.09. The predicted octanol–water partition coefficient (Wildman–Crippen LogP) is 2.96. The lowest BCUT2D eigenvalue weighted by atomic mass is 10.3. The van der Waals surface area contributed by atoms with Crippen LogP contribution in [-0.4, -0.2) is 6.34 Å². The van der Waals surface area contributed by atoms with E-state index in [1.165, 1.54) is 0 Å². The Kier molecular flexibility index (Phi) is 3.55. The third-order valence-electron chi connectivity index (χ3n) is 2.02. The summed E-state index contributed by atoms with van der Waals surface area (Å²) in [6.07, 6.45) is 1.63. The maximum atomic E-state index is 4.22. The third kappa shape index (κ3) is 3.13. The van der Waals surface area contributed by atoms with Crippen LogP contribution in [0.4, 0.5) is 11.4 Å². The van der Waals surface area contributed by atoms with E-state index < -0.39 is 0 Å². The van der Waals surface area contributed by atoms with E-state index in [4.69, 9.17) is 0 Å². The van der Waals surface area contributed by atoms with Gasteiger partial charge in [0.2, 0.25) is 0 Å². The Hall–Kier alpha value is -2.29. The zero-order valence-electron chi connectivity index (χ0n) is 8.80. The fourth-order valence-corrected chi connectivity index (χ4v) is 1.26. The minimum absolute atomic E-state index is 0.921. The number of hydrazine groups is 1. The molecule has 0 aliphatic heterocycles. The molecule has 0 fully saturated rings. The van der Waals surface area contributed by atoms with Gasteiger partial charge >= 0.3 is 0 Å². The highest BCUT2D eigenvalue weighted by Crippen LogP contribution is 2.07. The van der Waals surface area contributed by atoms with Crippen molar-refractivity contribution in [2.24, 2.45) is 4.99 Å². The van der Waals surface area contributed by atoms with Gasteiger partial charge in [-0.25, -0.2) is 4.99 Å². The molecule has 0 saturated heterocycles. The average Bonchev–Trinajstić information content (AvgIpc) is 2.37. The van der Waals surface area contributed by atoms with Crippen LogP contribution in [0.5, 0.6) is 0 Å². The number of anilines is 1. The highest BCUT2D eigenvalue weighted by molar-refractivity contribution is 5.63. The Bertz CT molecular complexity index is 437. The van der Waals surface area contributed by atoms with Crippen molar-refractivity contribution in [1.82, 2.24) is 5.43 Å². The molecule has 0 spiro atoms. The highest BCUT2D eigenvalue weighted by Gasteiger charge is 1.85. The normalized spacial score (nSPS) is 10.2. The van der Waals surface area contributed by atoms with Gasteiger partial charge in [0, 0.05) is 0 Å². The van der Waals surface area contributed by atoms with Crippen LogP contribution in [0.3, 0.4) is 0 Å². The van der Waals surface area contributed by atoms with Gasteiger partial charge in [-0.3, -0.25) is 5.43 Å². The van der Waals surface area contributed by atoms with Crippen LogP contribution < -0.4 is 10.9 Å². The second-order valence-corrected chi connectivity index (χ2v) is 3.23. The molecule has 0 saturated carbocycles. The molecule has 16 heavy (non-hydrogen) atoms. The van der Waals surface area contributed by atoms with Gasteiger partial charge in [-0.2, -0.15) is 0 Å². The molecular weight excluding hydrogens is 198 g/mol. The molecule has 0 unspecified atom stereocenters. The minimum Gasteiger partial charge on any atom is -0.300 e. The molecule has 0 radical (unpaired) electrons. The summed E-state index contributed by atoms with van der Waals surface area (Å²) in [5, 5.41) is 0. The summed E-state index contributed by atoms with van der Waals surface area (Å²) in [6.45, 7) is 0. The maximum absolute atomic E-state index is 4.22. The monoisotopic (exact) mass is 211 g/mol. The van der Waals surface area contributed by atoms with Gasteiger partial charge < -0.3 is 5.43 Å². The lowest BCUT2D eigenvalue weighted by molar-refractivity contribution is 1.15. The molecule has 2 rings (SSSR count). The maximum Gasteiger partial charge on any atom is 0.107 e. The third-order valence-corrected chi connectivity index (χ3v) is 2.02. The Labute approximate surface area is 94.8 Å². The average molecular weight is 211 g/mol. The number of para-hydroxylation sites is 2. The molecule has 2 N–H and O–H groups in total. The molecule has 3 heteroatoms. The summed E-state index contributed by atoms with van der Waals surface area (Å²) in [5.41, 5.74) is 7.85. The number of hydrogen-bond donors (Lipinski definition) is 2. The lowest BCUT2D eigenvalue weighted by Crippen LogP contribution is -2.18. The molecule has 3 nitrogen and oxygen atoms in total. The minimum atomic E-state index is 0.921. The summed E-state index contributed by atoms with van der Waals surface area (Å²) in [6, 6.07) is 19.6. The zero-order valence-corrected chi connectivity index (χ0v) is 8.80. The molecular formula is C13H13N3. The van der Waals surface area contributed by atoms with Crippen molar-refractivity contribution in [3.05, 3.63) is 60.7 Å². The topological polar surface area (TPSA) is 36.4 Å². The standard InChI is InChI=1S/C13H13N3/c1-3-7-12(8-4-1)14-11-15-16-13-9-5-2-6-10-13/h1-11,16H,(H,14,15). The molecule has 0 bridgehead atoms. The fourth-order valence-electron chi connectivity index (χ4n) is 1.26. The molecule has 80 valence electrons. The van der Waals surface area contributed by atoms with Crippen molar-refractivity contribution in [1.29, 1.82) is 0 Å². The van der Waals surface area contributed by atoms with Gasteiger partial charge in [0.25, 0.3) is 0 Å². The van der Waals surface area contributed by atoms with E-state index in [0.717, 1.165) is 11.4 Å². The summed E-state index contributed by atoms with van der Waals surface area (Å²) in [4.78, 5) is 4.22. The van der Waals surface area contributed by atoms with E-state index in [1.807, 2.05) is 60.7 Å². The fraction of sp³-hybridized carbons (Fsp3) is 0. The highest BCUT2D eigenvalue weighted by atomic mass is 15.4. The van der Waals surface area contributed by atoms with Crippen molar-refractivity contribution < 1.29 is 0 Å². The second kappa shape index (κ2) is 5.56. The van der Waals surface area contributed by atoms with Crippen LogP contribution in [0, 0.1) is 0 Å².